The summed E-state index contributed by atoms with van der Waals surface area (Å²) in [6.07, 6.45) is -2.35. The molecule has 0 aliphatic carbocycles. The molecular weight excluding hydrogens is 544 g/mol. The largest absolute Gasteiger partial charge is 0.487 e. The zero-order valence-corrected chi connectivity index (χ0v) is 20.9. The molecule has 0 bridgehead atoms. The molecule has 0 spiro atoms. The van der Waals surface area contributed by atoms with Gasteiger partial charge in [-0.15, -0.1) is 0 Å². The van der Waals surface area contributed by atoms with Crippen LogP contribution in [0.1, 0.15) is 66.7 Å². The highest BCUT2D eigenvalue weighted by Gasteiger charge is 2.73. The third kappa shape index (κ3) is 8.56. The highest BCUT2D eigenvalue weighted by molar-refractivity contribution is 5.92. The lowest BCUT2D eigenvalue weighted by Crippen LogP contribution is -2.54. The minimum absolute atomic E-state index is 0.212. The zero-order valence-electron chi connectivity index (χ0n) is 20.9. The van der Waals surface area contributed by atoms with Gasteiger partial charge in [-0.25, -0.2) is 14.0 Å². The highest BCUT2D eigenvalue weighted by Crippen LogP contribution is 2.46. The third-order valence-corrected chi connectivity index (χ3v) is 5.47. The van der Waals surface area contributed by atoms with E-state index in [-0.39, 0.29) is 16.9 Å². The number of carbonyl (C=O) groups is 2. The molecule has 1 atom stereocenters. The van der Waals surface area contributed by atoms with Crippen molar-refractivity contribution >= 4 is 11.9 Å². The number of esters is 2. The van der Waals surface area contributed by atoms with E-state index in [9.17, 15) is 44.7 Å². The molecule has 0 amide bonds. The summed E-state index contributed by atoms with van der Waals surface area (Å²) in [5, 5.41) is 0. The van der Waals surface area contributed by atoms with E-state index in [2.05, 4.69) is 11.7 Å². The second-order valence-electron chi connectivity index (χ2n) is 8.69. The van der Waals surface area contributed by atoms with Crippen LogP contribution in [-0.4, -0.2) is 42.7 Å². The van der Waals surface area contributed by atoms with E-state index >= 15 is 0 Å². The monoisotopic (exact) mass is 570 g/mol. The summed E-state index contributed by atoms with van der Waals surface area (Å²) in [4.78, 5) is 24.5. The van der Waals surface area contributed by atoms with Gasteiger partial charge >= 0.3 is 30.0 Å². The number of hydrogen-bond acceptors (Lipinski definition) is 5. The van der Waals surface area contributed by atoms with Gasteiger partial charge < -0.3 is 14.2 Å². The number of hydrogen-bond donors (Lipinski definition) is 0. The summed E-state index contributed by atoms with van der Waals surface area (Å²) >= 11 is 0. The van der Waals surface area contributed by atoms with Gasteiger partial charge in [-0.3, -0.25) is 0 Å². The van der Waals surface area contributed by atoms with Crippen molar-refractivity contribution < 1.29 is 58.9 Å². The van der Waals surface area contributed by atoms with Gasteiger partial charge in [-0.05, 0) is 56.2 Å². The van der Waals surface area contributed by atoms with E-state index in [0.29, 0.717) is 6.42 Å². The SMILES string of the molecule is CCCCCCC(C)OC(=O)c1ccc(OC(=O)c2ccc(OCC(F)(F)C(F)(F)C(F)(F)F)cc2)cc1F. The third-order valence-electron chi connectivity index (χ3n) is 5.47. The molecule has 0 aliphatic heterocycles. The topological polar surface area (TPSA) is 61.8 Å². The summed E-state index contributed by atoms with van der Waals surface area (Å²) in [5.74, 6) is -15.6. The zero-order chi connectivity index (χ0) is 29.4. The average molecular weight is 570 g/mol. The Morgan fingerprint density at radius 3 is 2.03 bits per heavy atom. The van der Waals surface area contributed by atoms with Crippen LogP contribution in [0.15, 0.2) is 42.5 Å². The van der Waals surface area contributed by atoms with Crippen molar-refractivity contribution in [1.82, 2.24) is 0 Å². The number of carbonyl (C=O) groups excluding carboxylic acids is 2. The number of benzene rings is 2. The Hall–Kier alpha value is -3.38. The van der Waals surface area contributed by atoms with Crippen molar-refractivity contribution in [2.45, 2.75) is 70.1 Å². The lowest BCUT2D eigenvalue weighted by atomic mass is 10.1. The smallest absolute Gasteiger partial charge is 0.460 e. The first-order chi connectivity index (χ1) is 18.1. The molecule has 2 rings (SSSR count). The quantitative estimate of drug-likeness (QED) is 0.107. The molecule has 0 aliphatic rings. The van der Waals surface area contributed by atoms with E-state index < -0.39 is 54.2 Å². The molecule has 0 aromatic heterocycles. The van der Waals surface area contributed by atoms with E-state index in [1.807, 2.05) is 0 Å². The van der Waals surface area contributed by atoms with Crippen molar-refractivity contribution in [3.63, 3.8) is 0 Å². The Morgan fingerprint density at radius 1 is 0.846 bits per heavy atom. The molecular formula is C26H26F8O5. The second-order valence-corrected chi connectivity index (χ2v) is 8.69. The van der Waals surface area contributed by atoms with E-state index in [0.717, 1.165) is 68.1 Å². The molecule has 2 aromatic carbocycles. The Kier molecular flexibility index (Phi) is 10.7. The minimum atomic E-state index is -6.49. The van der Waals surface area contributed by atoms with Crippen LogP contribution >= 0.6 is 0 Å². The average Bonchev–Trinajstić information content (AvgIpc) is 2.85. The van der Waals surface area contributed by atoms with Crippen LogP contribution in [0.5, 0.6) is 11.5 Å². The Labute approximate surface area is 219 Å². The molecule has 0 N–H and O–H groups in total. The van der Waals surface area contributed by atoms with Gasteiger partial charge in [0, 0.05) is 6.07 Å². The first-order valence-electron chi connectivity index (χ1n) is 11.9. The van der Waals surface area contributed by atoms with Crippen LogP contribution in [0.4, 0.5) is 35.1 Å². The number of ether oxygens (including phenoxy) is 3. The predicted molar refractivity (Wildman–Crippen MR) is 123 cm³/mol. The maximum atomic E-state index is 14.5. The summed E-state index contributed by atoms with van der Waals surface area (Å²) in [5.41, 5.74) is -0.583. The number of halogens is 8. The predicted octanol–water partition coefficient (Wildman–Crippen LogP) is 7.77. The molecule has 0 fully saturated rings. The van der Waals surface area contributed by atoms with Gasteiger partial charge in [-0.2, -0.15) is 30.7 Å². The van der Waals surface area contributed by atoms with E-state index in [4.69, 9.17) is 9.47 Å². The van der Waals surface area contributed by atoms with Crippen molar-refractivity contribution in [1.29, 1.82) is 0 Å². The lowest BCUT2D eigenvalue weighted by Gasteiger charge is -2.27. The number of alkyl halides is 7. The number of unbranched alkanes of at least 4 members (excludes halogenated alkanes) is 3. The molecule has 0 saturated carbocycles. The summed E-state index contributed by atoms with van der Waals surface area (Å²) in [7, 11) is 0. The Morgan fingerprint density at radius 2 is 1.46 bits per heavy atom. The lowest BCUT2D eigenvalue weighted by molar-refractivity contribution is -0.358. The van der Waals surface area contributed by atoms with Gasteiger partial charge in [0.1, 0.15) is 17.3 Å². The van der Waals surface area contributed by atoms with Crippen LogP contribution in [0.2, 0.25) is 0 Å². The molecule has 0 saturated heterocycles. The Balaban J connectivity index is 1.95. The fourth-order valence-electron chi connectivity index (χ4n) is 3.21. The maximum absolute atomic E-state index is 14.5. The summed E-state index contributed by atoms with van der Waals surface area (Å²) < 4.78 is 118. The first kappa shape index (κ1) is 31.8. The molecule has 0 radical (unpaired) electrons. The minimum Gasteiger partial charge on any atom is -0.487 e. The van der Waals surface area contributed by atoms with Gasteiger partial charge in [0.2, 0.25) is 0 Å². The van der Waals surface area contributed by atoms with Crippen molar-refractivity contribution in [2.75, 3.05) is 6.61 Å². The van der Waals surface area contributed by atoms with Gasteiger partial charge in [0.05, 0.1) is 17.2 Å². The molecule has 39 heavy (non-hydrogen) atoms. The first-order valence-corrected chi connectivity index (χ1v) is 11.9. The van der Waals surface area contributed by atoms with Crippen LogP contribution in [0.25, 0.3) is 0 Å². The van der Waals surface area contributed by atoms with Gasteiger partial charge in [0.15, 0.2) is 6.61 Å². The maximum Gasteiger partial charge on any atom is 0.460 e. The standard InChI is InChI=1S/C26H26F8O5/c1-3-4-5-6-7-16(2)38-23(36)20-13-12-19(14-21(20)27)39-22(35)17-8-10-18(11-9-17)37-15-24(28,29)25(30,31)26(32,33)34/h8-14,16H,3-7,15H2,1-2H3. The van der Waals surface area contributed by atoms with Crippen LogP contribution < -0.4 is 9.47 Å². The molecule has 216 valence electrons. The molecule has 1 unspecified atom stereocenters. The fourth-order valence-corrected chi connectivity index (χ4v) is 3.21. The summed E-state index contributed by atoms with van der Waals surface area (Å²) in [6, 6.07) is 6.63. The Bertz CT molecular complexity index is 1120. The molecule has 13 heteroatoms. The fraction of sp³-hybridized carbons (Fsp3) is 0.462. The van der Waals surface area contributed by atoms with Gasteiger partial charge in [-0.1, -0.05) is 26.2 Å². The van der Waals surface area contributed by atoms with Crippen molar-refractivity contribution in [2.24, 2.45) is 0 Å². The van der Waals surface area contributed by atoms with Crippen LogP contribution in [-0.2, 0) is 4.74 Å². The summed E-state index contributed by atoms with van der Waals surface area (Å²) in [6.45, 7) is 1.47. The molecule has 5 nitrogen and oxygen atoms in total. The molecule has 2 aromatic rings. The van der Waals surface area contributed by atoms with Crippen LogP contribution in [0, 0.1) is 5.82 Å². The van der Waals surface area contributed by atoms with Crippen molar-refractivity contribution in [3.05, 3.63) is 59.4 Å². The molecule has 0 heterocycles. The second kappa shape index (κ2) is 13.1. The highest BCUT2D eigenvalue weighted by atomic mass is 19.4. The normalized spacial score (nSPS) is 13.1. The van der Waals surface area contributed by atoms with Gasteiger partial charge in [0.25, 0.3) is 0 Å². The van der Waals surface area contributed by atoms with E-state index in [1.165, 1.54) is 0 Å². The van der Waals surface area contributed by atoms with Crippen molar-refractivity contribution in [3.8, 4) is 11.5 Å². The number of rotatable bonds is 13. The van der Waals surface area contributed by atoms with Crippen LogP contribution in [0.3, 0.4) is 0 Å². The van der Waals surface area contributed by atoms with E-state index in [1.54, 1.807) is 6.92 Å².